The SMILES string of the molecule is CCOc1cc(/C=N\NC(=O)C(=O)Nc2ccccc2F)cc(Br)c1OCC(=O)Nc1ccc(C)c(C)c1. The molecule has 0 bridgehead atoms. The first-order valence-corrected chi connectivity index (χ1v) is 12.3. The Morgan fingerprint density at radius 1 is 0.974 bits per heavy atom. The van der Waals surface area contributed by atoms with Crippen molar-refractivity contribution < 1.29 is 28.2 Å². The van der Waals surface area contributed by atoms with Crippen LogP contribution in [0.4, 0.5) is 15.8 Å². The van der Waals surface area contributed by atoms with E-state index in [9.17, 15) is 18.8 Å². The van der Waals surface area contributed by atoms with Crippen molar-refractivity contribution in [2.24, 2.45) is 5.10 Å². The van der Waals surface area contributed by atoms with Gasteiger partial charge in [-0.25, -0.2) is 9.82 Å². The molecule has 198 valence electrons. The lowest BCUT2D eigenvalue weighted by molar-refractivity contribution is -0.136. The minimum Gasteiger partial charge on any atom is -0.490 e. The molecular weight excluding hydrogens is 559 g/mol. The van der Waals surface area contributed by atoms with Crippen molar-refractivity contribution in [3.05, 3.63) is 81.6 Å². The van der Waals surface area contributed by atoms with Gasteiger partial charge in [-0.15, -0.1) is 0 Å². The summed E-state index contributed by atoms with van der Waals surface area (Å²) in [7, 11) is 0. The molecule has 0 atom stereocenters. The number of carbonyl (C=O) groups excluding carboxylic acids is 3. The van der Waals surface area contributed by atoms with E-state index in [1.165, 1.54) is 24.4 Å². The number of anilines is 2. The fourth-order valence-corrected chi connectivity index (χ4v) is 3.75. The second-order valence-corrected chi connectivity index (χ2v) is 8.89. The smallest absolute Gasteiger partial charge is 0.329 e. The van der Waals surface area contributed by atoms with Gasteiger partial charge in [-0.3, -0.25) is 14.4 Å². The number of ether oxygens (including phenoxy) is 2. The molecule has 0 saturated heterocycles. The van der Waals surface area contributed by atoms with Crippen molar-refractivity contribution in [3.63, 3.8) is 0 Å². The Morgan fingerprint density at radius 3 is 2.45 bits per heavy atom. The van der Waals surface area contributed by atoms with E-state index < -0.39 is 17.6 Å². The zero-order chi connectivity index (χ0) is 27.7. The van der Waals surface area contributed by atoms with Crippen LogP contribution < -0.4 is 25.5 Å². The maximum Gasteiger partial charge on any atom is 0.329 e. The van der Waals surface area contributed by atoms with Gasteiger partial charge in [0.2, 0.25) is 0 Å². The third kappa shape index (κ3) is 7.87. The first kappa shape index (κ1) is 28.3. The molecule has 0 unspecified atom stereocenters. The number of nitrogens with zero attached hydrogens (tertiary/aromatic N) is 1. The molecule has 3 amide bonds. The standard InChI is InChI=1S/C27H26BrFN4O5/c1-4-37-23-13-18(14-30-33-27(36)26(35)32-22-8-6-5-7-21(22)29)12-20(28)25(23)38-15-24(34)31-19-10-9-16(2)17(3)11-19/h5-14H,4,15H2,1-3H3,(H,31,34)(H,32,35)(H,33,36)/b30-14-. The number of carbonyl (C=O) groups is 3. The van der Waals surface area contributed by atoms with Gasteiger partial charge in [-0.05, 0) is 89.8 Å². The molecule has 3 aromatic carbocycles. The lowest BCUT2D eigenvalue weighted by Gasteiger charge is -2.15. The molecule has 0 fully saturated rings. The van der Waals surface area contributed by atoms with Crippen molar-refractivity contribution in [2.45, 2.75) is 20.8 Å². The molecule has 0 aliphatic carbocycles. The maximum atomic E-state index is 13.7. The Morgan fingerprint density at radius 2 is 1.74 bits per heavy atom. The summed E-state index contributed by atoms with van der Waals surface area (Å²) in [4.78, 5) is 36.4. The van der Waals surface area contributed by atoms with Gasteiger partial charge in [-0.2, -0.15) is 5.10 Å². The Hall–Kier alpha value is -4.25. The van der Waals surface area contributed by atoms with E-state index in [1.807, 2.05) is 32.0 Å². The van der Waals surface area contributed by atoms with Crippen LogP contribution in [0, 0.1) is 19.7 Å². The molecule has 0 radical (unpaired) electrons. The average Bonchev–Trinajstić information content (AvgIpc) is 2.87. The highest BCUT2D eigenvalue weighted by atomic mass is 79.9. The maximum absolute atomic E-state index is 13.7. The predicted molar refractivity (Wildman–Crippen MR) is 146 cm³/mol. The fourth-order valence-electron chi connectivity index (χ4n) is 3.18. The van der Waals surface area contributed by atoms with Gasteiger partial charge in [0.1, 0.15) is 5.82 Å². The molecule has 11 heteroatoms. The number of hydrazone groups is 1. The predicted octanol–water partition coefficient (Wildman–Crippen LogP) is 4.71. The number of hydrogen-bond donors (Lipinski definition) is 3. The molecule has 0 aromatic heterocycles. The molecule has 9 nitrogen and oxygen atoms in total. The van der Waals surface area contributed by atoms with Crippen molar-refractivity contribution >= 4 is 51.2 Å². The van der Waals surface area contributed by atoms with Crippen molar-refractivity contribution in [1.29, 1.82) is 0 Å². The molecule has 0 spiro atoms. The third-order valence-electron chi connectivity index (χ3n) is 5.18. The number of amides is 3. The van der Waals surface area contributed by atoms with Crippen LogP contribution in [0.3, 0.4) is 0 Å². The highest BCUT2D eigenvalue weighted by molar-refractivity contribution is 9.10. The number of benzene rings is 3. The first-order valence-electron chi connectivity index (χ1n) is 11.5. The molecule has 3 N–H and O–H groups in total. The Kier molecular flexibility index (Phi) is 9.94. The zero-order valence-corrected chi connectivity index (χ0v) is 22.5. The summed E-state index contributed by atoms with van der Waals surface area (Å²) in [5.41, 5.74) is 5.31. The highest BCUT2D eigenvalue weighted by Gasteiger charge is 2.16. The van der Waals surface area contributed by atoms with E-state index in [4.69, 9.17) is 9.47 Å². The summed E-state index contributed by atoms with van der Waals surface area (Å²) in [6, 6.07) is 14.3. The fraction of sp³-hybridized carbons (Fsp3) is 0.185. The Bertz CT molecular complexity index is 1380. The van der Waals surface area contributed by atoms with E-state index in [0.29, 0.717) is 33.8 Å². The Balaban J connectivity index is 1.62. The highest BCUT2D eigenvalue weighted by Crippen LogP contribution is 2.36. The van der Waals surface area contributed by atoms with Crippen LogP contribution in [0.25, 0.3) is 0 Å². The minimum absolute atomic E-state index is 0.125. The second-order valence-electron chi connectivity index (χ2n) is 8.03. The summed E-state index contributed by atoms with van der Waals surface area (Å²) in [5.74, 6) is -2.52. The topological polar surface area (TPSA) is 118 Å². The molecule has 0 heterocycles. The number of rotatable bonds is 9. The van der Waals surface area contributed by atoms with Crippen molar-refractivity contribution in [1.82, 2.24) is 5.43 Å². The number of aryl methyl sites for hydroxylation is 2. The summed E-state index contributed by atoms with van der Waals surface area (Å²) < 4.78 is 25.5. The molecule has 0 aliphatic rings. The van der Waals surface area contributed by atoms with E-state index in [1.54, 1.807) is 19.1 Å². The Labute approximate surface area is 227 Å². The van der Waals surface area contributed by atoms with Crippen LogP contribution in [0.2, 0.25) is 0 Å². The van der Waals surface area contributed by atoms with Gasteiger partial charge in [0, 0.05) is 5.69 Å². The largest absolute Gasteiger partial charge is 0.490 e. The van der Waals surface area contributed by atoms with Crippen LogP contribution in [0.1, 0.15) is 23.6 Å². The van der Waals surface area contributed by atoms with Crippen LogP contribution in [0.15, 0.2) is 64.2 Å². The lowest BCUT2D eigenvalue weighted by Crippen LogP contribution is -2.32. The first-order chi connectivity index (χ1) is 18.2. The van der Waals surface area contributed by atoms with Crippen LogP contribution in [-0.4, -0.2) is 37.1 Å². The van der Waals surface area contributed by atoms with Gasteiger partial charge in [0.25, 0.3) is 5.91 Å². The van der Waals surface area contributed by atoms with Gasteiger partial charge >= 0.3 is 11.8 Å². The second kappa shape index (κ2) is 13.3. The molecule has 3 aromatic rings. The molecular formula is C27H26BrFN4O5. The van der Waals surface area contributed by atoms with Crippen molar-refractivity contribution in [2.75, 3.05) is 23.8 Å². The molecule has 38 heavy (non-hydrogen) atoms. The van der Waals surface area contributed by atoms with Gasteiger partial charge in [0.15, 0.2) is 18.1 Å². The summed E-state index contributed by atoms with van der Waals surface area (Å²) in [6.45, 7) is 5.81. The number of halogens is 2. The molecule has 0 saturated carbocycles. The zero-order valence-electron chi connectivity index (χ0n) is 20.9. The molecule has 3 rings (SSSR count). The quantitative estimate of drug-likeness (QED) is 0.191. The van der Waals surface area contributed by atoms with Gasteiger partial charge in [0.05, 0.1) is 23.0 Å². The van der Waals surface area contributed by atoms with Crippen LogP contribution >= 0.6 is 15.9 Å². The third-order valence-corrected chi connectivity index (χ3v) is 5.77. The number of hydrogen-bond acceptors (Lipinski definition) is 6. The van der Waals surface area contributed by atoms with Crippen LogP contribution in [-0.2, 0) is 14.4 Å². The number of para-hydroxylation sites is 1. The van der Waals surface area contributed by atoms with Crippen molar-refractivity contribution in [3.8, 4) is 11.5 Å². The van der Waals surface area contributed by atoms with E-state index >= 15 is 0 Å². The van der Waals surface area contributed by atoms with Crippen LogP contribution in [0.5, 0.6) is 11.5 Å². The monoisotopic (exact) mass is 584 g/mol. The number of nitrogens with one attached hydrogen (secondary N) is 3. The minimum atomic E-state index is -1.08. The van der Waals surface area contributed by atoms with E-state index in [-0.39, 0.29) is 18.2 Å². The molecule has 0 aliphatic heterocycles. The van der Waals surface area contributed by atoms with E-state index in [0.717, 1.165) is 17.2 Å². The summed E-state index contributed by atoms with van der Waals surface area (Å²) >= 11 is 3.41. The lowest BCUT2D eigenvalue weighted by atomic mass is 10.1. The average molecular weight is 585 g/mol. The summed E-state index contributed by atoms with van der Waals surface area (Å²) in [6.07, 6.45) is 1.29. The summed E-state index contributed by atoms with van der Waals surface area (Å²) in [5, 5.41) is 8.73. The van der Waals surface area contributed by atoms with E-state index in [2.05, 4.69) is 37.1 Å². The van der Waals surface area contributed by atoms with Gasteiger partial charge in [-0.1, -0.05) is 18.2 Å². The van der Waals surface area contributed by atoms with Gasteiger partial charge < -0.3 is 20.1 Å². The normalized spacial score (nSPS) is 10.7.